The second-order valence-corrected chi connectivity index (χ2v) is 6.52. The number of aromatic nitrogens is 1. The van der Waals surface area contributed by atoms with Gasteiger partial charge < -0.3 is 15.6 Å². The van der Waals surface area contributed by atoms with Gasteiger partial charge in [-0.05, 0) is 37.7 Å². The van der Waals surface area contributed by atoms with E-state index in [-0.39, 0.29) is 11.9 Å². The van der Waals surface area contributed by atoms with E-state index in [2.05, 4.69) is 33.0 Å². The van der Waals surface area contributed by atoms with Crippen molar-refractivity contribution >= 4 is 11.6 Å². The van der Waals surface area contributed by atoms with Crippen molar-refractivity contribution in [1.29, 1.82) is 0 Å². The number of carbonyl (C=O) groups excluding carboxylic acids is 1. The Labute approximate surface area is 122 Å². The number of amides is 1. The van der Waals surface area contributed by atoms with Crippen molar-refractivity contribution in [3.05, 3.63) is 18.0 Å². The molecule has 1 aromatic rings. The predicted molar refractivity (Wildman–Crippen MR) is 84.7 cm³/mol. The Morgan fingerprint density at radius 2 is 1.75 bits per heavy atom. The van der Waals surface area contributed by atoms with Crippen molar-refractivity contribution in [3.63, 3.8) is 0 Å². The molecule has 20 heavy (non-hydrogen) atoms. The standard InChI is InChI=1S/C16H29N3O/c1-10(2)14(11(3)4)8-18-16(20)15-7-13(17)9-19(15)12(5)6/h7,9-12,14H,8,17H2,1-6H3,(H,18,20). The monoisotopic (exact) mass is 279 g/mol. The average molecular weight is 279 g/mol. The van der Waals surface area contributed by atoms with Crippen LogP contribution in [0.2, 0.25) is 0 Å². The Morgan fingerprint density at radius 1 is 1.20 bits per heavy atom. The number of nitrogens with zero attached hydrogens (tertiary/aromatic N) is 1. The molecule has 0 aliphatic rings. The maximum absolute atomic E-state index is 12.3. The molecule has 0 aliphatic carbocycles. The van der Waals surface area contributed by atoms with E-state index in [1.165, 1.54) is 0 Å². The highest BCUT2D eigenvalue weighted by Gasteiger charge is 2.20. The fraction of sp³-hybridized carbons (Fsp3) is 0.688. The molecule has 0 aromatic carbocycles. The van der Waals surface area contributed by atoms with Gasteiger partial charge >= 0.3 is 0 Å². The van der Waals surface area contributed by atoms with Gasteiger partial charge in [0.2, 0.25) is 0 Å². The van der Waals surface area contributed by atoms with Crippen molar-refractivity contribution in [3.8, 4) is 0 Å². The zero-order valence-corrected chi connectivity index (χ0v) is 13.6. The molecule has 1 rings (SSSR count). The van der Waals surface area contributed by atoms with Crippen LogP contribution >= 0.6 is 0 Å². The summed E-state index contributed by atoms with van der Waals surface area (Å²) in [6.07, 6.45) is 1.82. The van der Waals surface area contributed by atoms with Crippen LogP contribution in [0, 0.1) is 17.8 Å². The van der Waals surface area contributed by atoms with Gasteiger partial charge in [0.1, 0.15) is 5.69 Å². The van der Waals surface area contributed by atoms with E-state index in [1.54, 1.807) is 6.07 Å². The molecule has 0 fully saturated rings. The molecule has 0 bridgehead atoms. The first-order valence-corrected chi connectivity index (χ1v) is 7.49. The molecule has 0 saturated carbocycles. The molecule has 0 spiro atoms. The molecule has 114 valence electrons. The summed E-state index contributed by atoms with van der Waals surface area (Å²) in [7, 11) is 0. The summed E-state index contributed by atoms with van der Waals surface area (Å²) in [5.41, 5.74) is 7.08. The predicted octanol–water partition coefficient (Wildman–Crippen LogP) is 3.31. The minimum Gasteiger partial charge on any atom is -0.397 e. The molecule has 0 radical (unpaired) electrons. The van der Waals surface area contributed by atoms with Gasteiger partial charge in [-0.3, -0.25) is 4.79 Å². The van der Waals surface area contributed by atoms with Crippen LogP contribution < -0.4 is 11.1 Å². The second kappa shape index (κ2) is 6.82. The third-order valence-corrected chi connectivity index (χ3v) is 3.87. The lowest BCUT2D eigenvalue weighted by molar-refractivity contribution is 0.0926. The van der Waals surface area contributed by atoms with E-state index >= 15 is 0 Å². The lowest BCUT2D eigenvalue weighted by atomic mass is 9.85. The summed E-state index contributed by atoms with van der Waals surface area (Å²) >= 11 is 0. The SMILES string of the molecule is CC(C)C(CNC(=O)c1cc(N)cn1C(C)C)C(C)C. The van der Waals surface area contributed by atoms with Crippen molar-refractivity contribution in [2.45, 2.75) is 47.6 Å². The first-order chi connectivity index (χ1) is 9.23. The molecular weight excluding hydrogens is 250 g/mol. The van der Waals surface area contributed by atoms with E-state index in [9.17, 15) is 4.79 Å². The number of nitrogen functional groups attached to an aromatic ring is 1. The third kappa shape index (κ3) is 4.02. The zero-order valence-electron chi connectivity index (χ0n) is 13.6. The van der Waals surface area contributed by atoms with Gasteiger partial charge in [-0.1, -0.05) is 27.7 Å². The lowest BCUT2D eigenvalue weighted by Gasteiger charge is -2.25. The van der Waals surface area contributed by atoms with Gasteiger partial charge in [0.05, 0.1) is 5.69 Å². The van der Waals surface area contributed by atoms with Gasteiger partial charge in [-0.15, -0.1) is 0 Å². The smallest absolute Gasteiger partial charge is 0.268 e. The quantitative estimate of drug-likeness (QED) is 0.839. The van der Waals surface area contributed by atoms with E-state index in [4.69, 9.17) is 5.73 Å². The van der Waals surface area contributed by atoms with Gasteiger partial charge in [-0.25, -0.2) is 0 Å². The van der Waals surface area contributed by atoms with Crippen LogP contribution in [0.15, 0.2) is 12.3 Å². The molecule has 0 atom stereocenters. The number of nitrogens with one attached hydrogen (secondary N) is 1. The highest BCUT2D eigenvalue weighted by atomic mass is 16.1. The van der Waals surface area contributed by atoms with Crippen molar-refractivity contribution < 1.29 is 4.79 Å². The Hall–Kier alpha value is -1.45. The van der Waals surface area contributed by atoms with E-state index < -0.39 is 0 Å². The molecule has 0 aliphatic heterocycles. The summed E-state index contributed by atoms with van der Waals surface area (Å²) in [5.74, 6) is 1.55. The minimum atomic E-state index is -0.0401. The molecule has 4 nitrogen and oxygen atoms in total. The molecule has 4 heteroatoms. The maximum Gasteiger partial charge on any atom is 0.268 e. The number of hydrogen-bond acceptors (Lipinski definition) is 2. The molecule has 0 unspecified atom stereocenters. The first-order valence-electron chi connectivity index (χ1n) is 7.49. The van der Waals surface area contributed by atoms with Gasteiger partial charge in [-0.2, -0.15) is 0 Å². The summed E-state index contributed by atoms with van der Waals surface area (Å²) in [6.45, 7) is 13.6. The summed E-state index contributed by atoms with van der Waals surface area (Å²) in [4.78, 5) is 12.3. The molecular formula is C16H29N3O. The number of hydrogen-bond donors (Lipinski definition) is 2. The van der Waals surface area contributed by atoms with Gasteiger partial charge in [0.25, 0.3) is 5.91 Å². The maximum atomic E-state index is 12.3. The van der Waals surface area contributed by atoms with E-state index in [0.717, 1.165) is 0 Å². The van der Waals surface area contributed by atoms with Crippen LogP contribution in [-0.4, -0.2) is 17.0 Å². The highest BCUT2D eigenvalue weighted by molar-refractivity contribution is 5.93. The van der Waals surface area contributed by atoms with Crippen molar-refractivity contribution in [1.82, 2.24) is 9.88 Å². The van der Waals surface area contributed by atoms with Crippen LogP contribution in [-0.2, 0) is 0 Å². The highest BCUT2D eigenvalue weighted by Crippen LogP contribution is 2.20. The second-order valence-electron chi connectivity index (χ2n) is 6.52. The van der Waals surface area contributed by atoms with Crippen molar-refractivity contribution in [2.24, 2.45) is 17.8 Å². The minimum absolute atomic E-state index is 0.0401. The van der Waals surface area contributed by atoms with Crippen LogP contribution in [0.1, 0.15) is 58.1 Å². The summed E-state index contributed by atoms with van der Waals surface area (Å²) < 4.78 is 1.92. The molecule has 3 N–H and O–H groups in total. The lowest BCUT2D eigenvalue weighted by Crippen LogP contribution is -2.35. The fourth-order valence-corrected chi connectivity index (χ4v) is 2.65. The fourth-order valence-electron chi connectivity index (χ4n) is 2.65. The average Bonchev–Trinajstić information content (AvgIpc) is 2.70. The van der Waals surface area contributed by atoms with Gasteiger partial charge in [0.15, 0.2) is 0 Å². The van der Waals surface area contributed by atoms with Crippen LogP contribution in [0.4, 0.5) is 5.69 Å². The summed E-state index contributed by atoms with van der Waals surface area (Å²) in [5, 5.41) is 3.06. The first kappa shape index (κ1) is 16.6. The van der Waals surface area contributed by atoms with Crippen LogP contribution in [0.5, 0.6) is 0 Å². The largest absolute Gasteiger partial charge is 0.397 e. The molecule has 1 heterocycles. The van der Waals surface area contributed by atoms with Crippen LogP contribution in [0.3, 0.4) is 0 Å². The topological polar surface area (TPSA) is 60.1 Å². The zero-order chi connectivity index (χ0) is 15.4. The molecule has 0 saturated heterocycles. The number of rotatable bonds is 6. The van der Waals surface area contributed by atoms with Gasteiger partial charge in [0, 0.05) is 18.8 Å². The number of anilines is 1. The number of nitrogens with two attached hydrogens (primary N) is 1. The third-order valence-electron chi connectivity index (χ3n) is 3.87. The molecule has 1 amide bonds. The van der Waals surface area contributed by atoms with E-state index in [1.807, 2.05) is 24.6 Å². The number of carbonyl (C=O) groups is 1. The normalized spacial score (nSPS) is 11.9. The Bertz CT molecular complexity index is 439. The summed E-state index contributed by atoms with van der Waals surface area (Å²) in [6, 6.07) is 1.97. The van der Waals surface area contributed by atoms with E-state index in [0.29, 0.717) is 35.7 Å². The van der Waals surface area contributed by atoms with Crippen LogP contribution in [0.25, 0.3) is 0 Å². The Kier molecular flexibility index (Phi) is 5.66. The Morgan fingerprint density at radius 3 is 2.20 bits per heavy atom. The molecule has 1 aromatic heterocycles. The Balaban J connectivity index is 2.77. The van der Waals surface area contributed by atoms with Crippen molar-refractivity contribution in [2.75, 3.05) is 12.3 Å².